The Morgan fingerprint density at radius 3 is 2.67 bits per heavy atom. The lowest BCUT2D eigenvalue weighted by atomic mass is 10.2. The average molecular weight is 257 g/mol. The second kappa shape index (κ2) is 5.79. The standard InChI is InChI=1S/C15H16NOP/c1-11-7-8-13(17)15(9-11)18-14-6-4-3-5-12(14)10-16-2/h3-10,17-18H,1-2H3. The molecule has 2 aromatic rings. The second-order valence-electron chi connectivity index (χ2n) is 4.12. The number of phenols is 1. The molecule has 2 rings (SSSR count). The van der Waals surface area contributed by atoms with Crippen LogP contribution < -0.4 is 10.6 Å². The van der Waals surface area contributed by atoms with Gasteiger partial charge in [-0.25, -0.2) is 0 Å². The van der Waals surface area contributed by atoms with Gasteiger partial charge in [-0.15, -0.1) is 0 Å². The molecule has 0 spiro atoms. The van der Waals surface area contributed by atoms with Gasteiger partial charge in [0.1, 0.15) is 5.75 Å². The van der Waals surface area contributed by atoms with Crippen LogP contribution in [0.2, 0.25) is 0 Å². The van der Waals surface area contributed by atoms with Crippen LogP contribution in [0.4, 0.5) is 0 Å². The van der Waals surface area contributed by atoms with Crippen LogP contribution in [0.15, 0.2) is 47.5 Å². The molecule has 0 fully saturated rings. The van der Waals surface area contributed by atoms with E-state index < -0.39 is 0 Å². The lowest BCUT2D eigenvalue weighted by Gasteiger charge is -2.08. The van der Waals surface area contributed by atoms with Gasteiger partial charge in [0.15, 0.2) is 0 Å². The zero-order valence-corrected chi connectivity index (χ0v) is 11.5. The van der Waals surface area contributed by atoms with E-state index in [9.17, 15) is 5.11 Å². The first-order valence-electron chi connectivity index (χ1n) is 5.78. The molecule has 2 nitrogen and oxygen atoms in total. The number of aryl methyl sites for hydroxylation is 1. The zero-order chi connectivity index (χ0) is 13.0. The van der Waals surface area contributed by atoms with Crippen LogP contribution in [0.25, 0.3) is 0 Å². The molecule has 3 heteroatoms. The van der Waals surface area contributed by atoms with E-state index in [4.69, 9.17) is 0 Å². The van der Waals surface area contributed by atoms with Gasteiger partial charge >= 0.3 is 0 Å². The Kier molecular flexibility index (Phi) is 4.11. The van der Waals surface area contributed by atoms with Crippen LogP contribution in [0.3, 0.4) is 0 Å². The van der Waals surface area contributed by atoms with Crippen LogP contribution in [0, 0.1) is 6.92 Å². The molecule has 0 aliphatic rings. The van der Waals surface area contributed by atoms with Crippen LogP contribution in [-0.4, -0.2) is 18.4 Å². The second-order valence-corrected chi connectivity index (χ2v) is 5.45. The third-order valence-electron chi connectivity index (χ3n) is 2.65. The normalized spacial score (nSPS) is 11.7. The molecule has 1 unspecified atom stereocenters. The van der Waals surface area contributed by atoms with Gasteiger partial charge in [0.25, 0.3) is 0 Å². The molecule has 18 heavy (non-hydrogen) atoms. The van der Waals surface area contributed by atoms with E-state index in [0.717, 1.165) is 16.4 Å². The molecule has 0 aromatic heterocycles. The van der Waals surface area contributed by atoms with Crippen molar-refractivity contribution in [3.05, 3.63) is 53.6 Å². The summed E-state index contributed by atoms with van der Waals surface area (Å²) in [6.07, 6.45) is 1.86. The molecule has 0 heterocycles. The highest BCUT2D eigenvalue weighted by Gasteiger charge is 2.05. The van der Waals surface area contributed by atoms with Crippen LogP contribution in [-0.2, 0) is 0 Å². The highest BCUT2D eigenvalue weighted by molar-refractivity contribution is 7.56. The maximum Gasteiger partial charge on any atom is 0.123 e. The molecule has 1 atom stereocenters. The third-order valence-corrected chi connectivity index (χ3v) is 4.04. The van der Waals surface area contributed by atoms with Crippen molar-refractivity contribution in [2.45, 2.75) is 6.92 Å². The first-order chi connectivity index (χ1) is 8.70. The maximum atomic E-state index is 9.89. The zero-order valence-electron chi connectivity index (χ0n) is 10.5. The number of aliphatic imine (C=N–C) groups is 1. The predicted octanol–water partition coefficient (Wildman–Crippen LogP) is 2.38. The van der Waals surface area contributed by atoms with Crippen molar-refractivity contribution in [1.82, 2.24) is 0 Å². The summed E-state index contributed by atoms with van der Waals surface area (Å²) in [5.41, 5.74) is 2.27. The molecular weight excluding hydrogens is 241 g/mol. The molecule has 92 valence electrons. The maximum absolute atomic E-state index is 9.89. The smallest absolute Gasteiger partial charge is 0.123 e. The molecule has 2 aromatic carbocycles. The summed E-state index contributed by atoms with van der Waals surface area (Å²) in [7, 11) is 2.21. The first-order valence-corrected chi connectivity index (χ1v) is 6.78. The number of benzene rings is 2. The lowest BCUT2D eigenvalue weighted by molar-refractivity contribution is 0.479. The molecular formula is C15H16NOP. The fourth-order valence-electron chi connectivity index (χ4n) is 1.76. The van der Waals surface area contributed by atoms with E-state index >= 15 is 0 Å². The molecule has 0 amide bonds. The quantitative estimate of drug-likeness (QED) is 0.664. The Bertz CT molecular complexity index is 578. The number of nitrogens with zero attached hydrogens (tertiary/aromatic N) is 1. The summed E-state index contributed by atoms with van der Waals surface area (Å²) in [5.74, 6) is 0.363. The molecule has 0 bridgehead atoms. The monoisotopic (exact) mass is 257 g/mol. The minimum atomic E-state index is 0.363. The molecule has 0 aliphatic carbocycles. The molecule has 1 N–H and O–H groups in total. The first kappa shape index (κ1) is 12.8. The van der Waals surface area contributed by atoms with Gasteiger partial charge in [-0.3, -0.25) is 4.99 Å². The van der Waals surface area contributed by atoms with Gasteiger partial charge in [-0.2, -0.15) is 0 Å². The third kappa shape index (κ3) is 2.96. The van der Waals surface area contributed by atoms with Crippen LogP contribution in [0.1, 0.15) is 11.1 Å². The topological polar surface area (TPSA) is 32.6 Å². The van der Waals surface area contributed by atoms with E-state index in [1.54, 1.807) is 13.1 Å². The summed E-state index contributed by atoms with van der Waals surface area (Å²) >= 11 is 0. The van der Waals surface area contributed by atoms with Crippen molar-refractivity contribution in [3.63, 3.8) is 0 Å². The molecule has 0 saturated heterocycles. The van der Waals surface area contributed by atoms with E-state index in [-0.39, 0.29) is 0 Å². The number of hydrogen-bond acceptors (Lipinski definition) is 2. The van der Waals surface area contributed by atoms with Crippen molar-refractivity contribution < 1.29 is 5.11 Å². The number of hydrogen-bond donors (Lipinski definition) is 1. The SMILES string of the molecule is CN=Cc1ccccc1Pc1cc(C)ccc1O. The Morgan fingerprint density at radius 1 is 1.11 bits per heavy atom. The van der Waals surface area contributed by atoms with Crippen LogP contribution in [0.5, 0.6) is 5.75 Å². The fourth-order valence-corrected chi connectivity index (χ4v) is 3.03. The Balaban J connectivity index is 2.36. The minimum absolute atomic E-state index is 0.363. The number of rotatable bonds is 3. The highest BCUT2D eigenvalue weighted by Crippen LogP contribution is 2.20. The van der Waals surface area contributed by atoms with E-state index in [2.05, 4.69) is 11.1 Å². The van der Waals surface area contributed by atoms with Gasteiger partial charge in [0.05, 0.1) is 0 Å². The van der Waals surface area contributed by atoms with Crippen LogP contribution >= 0.6 is 8.58 Å². The Labute approximate surface area is 109 Å². The number of aromatic hydroxyl groups is 1. The summed E-state index contributed by atoms with van der Waals surface area (Å²) in [5, 5.41) is 12.1. The van der Waals surface area contributed by atoms with E-state index in [0.29, 0.717) is 14.3 Å². The Morgan fingerprint density at radius 2 is 1.89 bits per heavy atom. The largest absolute Gasteiger partial charge is 0.507 e. The van der Waals surface area contributed by atoms with Gasteiger partial charge in [0.2, 0.25) is 0 Å². The summed E-state index contributed by atoms with van der Waals surface area (Å²) in [6.45, 7) is 2.03. The predicted molar refractivity (Wildman–Crippen MR) is 80.4 cm³/mol. The minimum Gasteiger partial charge on any atom is -0.507 e. The van der Waals surface area contributed by atoms with Crippen molar-refractivity contribution in [2.75, 3.05) is 7.05 Å². The summed E-state index contributed by atoms with van der Waals surface area (Å²) in [6, 6.07) is 13.9. The van der Waals surface area contributed by atoms with Gasteiger partial charge in [0, 0.05) is 18.6 Å². The fraction of sp³-hybridized carbons (Fsp3) is 0.133. The highest BCUT2D eigenvalue weighted by atomic mass is 31.1. The average Bonchev–Trinajstić information content (AvgIpc) is 2.36. The molecule has 0 aliphatic heterocycles. The van der Waals surface area contributed by atoms with Gasteiger partial charge < -0.3 is 5.11 Å². The van der Waals surface area contributed by atoms with E-state index in [1.807, 2.05) is 43.5 Å². The van der Waals surface area contributed by atoms with Crippen molar-refractivity contribution >= 4 is 25.4 Å². The van der Waals surface area contributed by atoms with Crippen molar-refractivity contribution in [3.8, 4) is 5.75 Å². The molecule has 0 saturated carbocycles. The number of phenolic OH excluding ortho intramolecular Hbond substituents is 1. The Hall–Kier alpha value is -1.66. The van der Waals surface area contributed by atoms with Gasteiger partial charge in [-0.05, 0) is 29.9 Å². The van der Waals surface area contributed by atoms with Crippen molar-refractivity contribution in [2.24, 2.45) is 4.99 Å². The molecule has 0 radical (unpaired) electrons. The van der Waals surface area contributed by atoms with Crippen molar-refractivity contribution in [1.29, 1.82) is 0 Å². The van der Waals surface area contributed by atoms with Gasteiger partial charge in [-0.1, -0.05) is 44.5 Å². The lowest BCUT2D eigenvalue weighted by Crippen LogP contribution is -2.09. The summed E-state index contributed by atoms with van der Waals surface area (Å²) < 4.78 is 0. The summed E-state index contributed by atoms with van der Waals surface area (Å²) in [4.78, 5) is 4.07. The van der Waals surface area contributed by atoms with E-state index in [1.165, 1.54) is 5.30 Å².